The molecular formula is C28H26N8Pt. The molecule has 37 heavy (non-hydrogen) atoms. The van der Waals surface area contributed by atoms with Gasteiger partial charge in [0.15, 0.2) is 0 Å². The summed E-state index contributed by atoms with van der Waals surface area (Å²) >= 11 is 0. The summed E-state index contributed by atoms with van der Waals surface area (Å²) in [6.07, 6.45) is 13.1. The summed E-state index contributed by atoms with van der Waals surface area (Å²) in [7, 11) is 0. The summed E-state index contributed by atoms with van der Waals surface area (Å²) in [4.78, 5) is 35.1. The van der Waals surface area contributed by atoms with Crippen LogP contribution in [0.15, 0.2) is 49.1 Å². The van der Waals surface area contributed by atoms with E-state index in [1.807, 2.05) is 24.3 Å². The Labute approximate surface area is 229 Å². The molecule has 6 aromatic rings. The van der Waals surface area contributed by atoms with E-state index in [1.54, 1.807) is 24.8 Å². The molecule has 6 aromatic heterocycles. The molecule has 0 amide bonds. The average molecular weight is 670 g/mol. The molecule has 0 aromatic carbocycles. The Bertz CT molecular complexity index is 1590. The molecule has 0 saturated carbocycles. The summed E-state index contributed by atoms with van der Waals surface area (Å²) < 4.78 is 0. The Morgan fingerprint density at radius 1 is 0.568 bits per heavy atom. The second-order valence-electron chi connectivity index (χ2n) is 10.6. The van der Waals surface area contributed by atoms with Gasteiger partial charge in [0.25, 0.3) is 0 Å². The SMILES string of the molecule is CC(C)(C)c1n[c-]c2c(cnc3cccnc32)n1.CC(C)(C)c1n[c-]c2c(cnc3cccnc32)n1.[Pt+2]. The number of rotatable bonds is 0. The smallest absolute Gasteiger partial charge is 0.338 e. The van der Waals surface area contributed by atoms with Crippen molar-refractivity contribution in [2.24, 2.45) is 0 Å². The zero-order chi connectivity index (χ0) is 25.5. The van der Waals surface area contributed by atoms with Crippen LogP contribution in [0.1, 0.15) is 53.2 Å². The van der Waals surface area contributed by atoms with Gasteiger partial charge in [0.05, 0.1) is 0 Å². The fourth-order valence-electron chi connectivity index (χ4n) is 3.58. The van der Waals surface area contributed by atoms with Gasteiger partial charge in [-0.3, -0.25) is 9.97 Å². The zero-order valence-electron chi connectivity index (χ0n) is 21.5. The third-order valence-corrected chi connectivity index (χ3v) is 5.55. The average Bonchev–Trinajstić information content (AvgIpc) is 2.87. The molecule has 6 heterocycles. The number of hydrogen-bond acceptors (Lipinski definition) is 8. The van der Waals surface area contributed by atoms with Gasteiger partial charge >= 0.3 is 21.1 Å². The van der Waals surface area contributed by atoms with Crippen LogP contribution in [-0.2, 0) is 31.9 Å². The second-order valence-corrected chi connectivity index (χ2v) is 10.6. The summed E-state index contributed by atoms with van der Waals surface area (Å²) in [5, 5.41) is 1.65. The standard InChI is InChI=1S/2C14H13N4.Pt/c2*1-14(2,3)13-17-7-9-11(18-13)8-16-10-5-4-6-15-12(9)10;/h2*4-6,8H,1-3H3;/q2*-1;+2. The maximum atomic E-state index is 4.55. The zero-order valence-corrected chi connectivity index (χ0v) is 23.8. The van der Waals surface area contributed by atoms with E-state index in [0.29, 0.717) is 0 Å². The topological polar surface area (TPSA) is 103 Å². The maximum Gasteiger partial charge on any atom is 2.00 e. The number of aromatic nitrogens is 8. The molecule has 9 heteroatoms. The van der Waals surface area contributed by atoms with Crippen LogP contribution in [-0.4, -0.2) is 39.9 Å². The van der Waals surface area contributed by atoms with Crippen molar-refractivity contribution in [2.75, 3.05) is 0 Å². The maximum absolute atomic E-state index is 4.55. The van der Waals surface area contributed by atoms with Gasteiger partial charge in [-0.05, 0) is 47.5 Å². The molecule has 0 bridgehead atoms. The Morgan fingerprint density at radius 2 is 0.973 bits per heavy atom. The predicted molar refractivity (Wildman–Crippen MR) is 140 cm³/mol. The molecule has 0 fully saturated rings. The first-order valence-corrected chi connectivity index (χ1v) is 11.7. The monoisotopic (exact) mass is 669 g/mol. The van der Waals surface area contributed by atoms with E-state index in [9.17, 15) is 0 Å². The minimum absolute atomic E-state index is 0. The van der Waals surface area contributed by atoms with E-state index in [0.717, 1.165) is 55.5 Å². The minimum atomic E-state index is -0.0935. The van der Waals surface area contributed by atoms with Gasteiger partial charge in [0, 0.05) is 69.5 Å². The fourth-order valence-corrected chi connectivity index (χ4v) is 3.58. The summed E-state index contributed by atoms with van der Waals surface area (Å²) in [5.41, 5.74) is 4.68. The third-order valence-electron chi connectivity index (χ3n) is 5.55. The van der Waals surface area contributed by atoms with Crippen molar-refractivity contribution >= 4 is 43.9 Å². The molecule has 0 aliphatic carbocycles. The van der Waals surface area contributed by atoms with Crippen LogP contribution in [0.5, 0.6) is 0 Å². The normalized spacial score (nSPS) is 11.8. The van der Waals surface area contributed by atoms with Crippen LogP contribution in [0.4, 0.5) is 0 Å². The van der Waals surface area contributed by atoms with Gasteiger partial charge in [-0.1, -0.05) is 52.3 Å². The third kappa shape index (κ3) is 5.44. The molecule has 0 spiro atoms. The Balaban J connectivity index is 0.000000168. The number of fused-ring (bicyclic) bond motifs is 6. The molecule has 6 rings (SSSR count). The molecule has 0 unspecified atom stereocenters. The van der Waals surface area contributed by atoms with Gasteiger partial charge < -0.3 is 29.9 Å². The van der Waals surface area contributed by atoms with Gasteiger partial charge in [-0.2, -0.15) is 0 Å². The molecule has 0 saturated heterocycles. The van der Waals surface area contributed by atoms with Crippen LogP contribution in [0.25, 0.3) is 43.9 Å². The van der Waals surface area contributed by atoms with Crippen LogP contribution in [0, 0.1) is 12.4 Å². The first-order chi connectivity index (χ1) is 17.1. The summed E-state index contributed by atoms with van der Waals surface area (Å²) in [6, 6.07) is 7.58. The Kier molecular flexibility index (Phi) is 7.24. The van der Waals surface area contributed by atoms with Crippen LogP contribution in [0.3, 0.4) is 0 Å². The van der Waals surface area contributed by atoms with Crippen molar-refractivity contribution in [3.05, 3.63) is 73.1 Å². The van der Waals surface area contributed by atoms with Gasteiger partial charge in [-0.25, -0.2) is 0 Å². The molecule has 0 radical (unpaired) electrons. The number of pyridine rings is 4. The summed E-state index contributed by atoms with van der Waals surface area (Å²) in [6.45, 7) is 12.5. The molecular weight excluding hydrogens is 643 g/mol. The quantitative estimate of drug-likeness (QED) is 0.158. The van der Waals surface area contributed by atoms with Crippen LogP contribution in [0.2, 0.25) is 0 Å². The largest absolute Gasteiger partial charge is 2.00 e. The van der Waals surface area contributed by atoms with E-state index in [1.165, 1.54) is 0 Å². The molecule has 0 aliphatic heterocycles. The molecule has 188 valence electrons. The van der Waals surface area contributed by atoms with Crippen LogP contribution >= 0.6 is 0 Å². The van der Waals surface area contributed by atoms with Crippen LogP contribution < -0.4 is 0 Å². The van der Waals surface area contributed by atoms with E-state index >= 15 is 0 Å². The van der Waals surface area contributed by atoms with Crippen molar-refractivity contribution in [1.29, 1.82) is 0 Å². The summed E-state index contributed by atoms with van der Waals surface area (Å²) in [5.74, 6) is 1.54. The number of nitrogens with zero attached hydrogens (tertiary/aromatic N) is 8. The number of hydrogen-bond donors (Lipinski definition) is 0. The molecule has 0 N–H and O–H groups in total. The van der Waals surface area contributed by atoms with Gasteiger partial charge in [-0.15, -0.1) is 0 Å². The van der Waals surface area contributed by atoms with Gasteiger partial charge in [0.2, 0.25) is 0 Å². The van der Waals surface area contributed by atoms with Crippen molar-refractivity contribution in [3.8, 4) is 0 Å². The molecule has 0 atom stereocenters. The first kappa shape index (κ1) is 26.5. The van der Waals surface area contributed by atoms with Crippen molar-refractivity contribution in [2.45, 2.75) is 52.4 Å². The molecule has 8 nitrogen and oxygen atoms in total. The fraction of sp³-hybridized carbons (Fsp3) is 0.286. The van der Waals surface area contributed by atoms with Crippen molar-refractivity contribution < 1.29 is 21.1 Å². The van der Waals surface area contributed by atoms with Crippen molar-refractivity contribution in [1.82, 2.24) is 39.9 Å². The van der Waals surface area contributed by atoms with E-state index < -0.39 is 0 Å². The van der Waals surface area contributed by atoms with Crippen molar-refractivity contribution in [3.63, 3.8) is 0 Å². The first-order valence-electron chi connectivity index (χ1n) is 11.7. The molecule has 0 aliphatic rings. The Hall–Kier alpha value is -3.51. The second kappa shape index (κ2) is 10.1. The Morgan fingerprint density at radius 3 is 1.35 bits per heavy atom. The van der Waals surface area contributed by atoms with E-state index in [-0.39, 0.29) is 31.9 Å². The predicted octanol–water partition coefficient (Wildman–Crippen LogP) is 5.34. The van der Waals surface area contributed by atoms with Gasteiger partial charge in [0.1, 0.15) is 0 Å². The minimum Gasteiger partial charge on any atom is -0.338 e. The van der Waals surface area contributed by atoms with E-state index in [4.69, 9.17) is 0 Å². The van der Waals surface area contributed by atoms with E-state index in [2.05, 4.69) is 93.8 Å².